The van der Waals surface area contributed by atoms with Gasteiger partial charge in [0.15, 0.2) is 18.1 Å². The fourth-order valence-electron chi connectivity index (χ4n) is 3.40. The first-order chi connectivity index (χ1) is 19.1. The van der Waals surface area contributed by atoms with Crippen LogP contribution in [0.1, 0.15) is 5.56 Å². The molecule has 0 bridgehead atoms. The highest BCUT2D eigenvalue weighted by atomic mass is 32.2. The van der Waals surface area contributed by atoms with Gasteiger partial charge in [-0.25, -0.2) is 13.8 Å². The first-order valence-corrected chi connectivity index (χ1v) is 13.7. The van der Waals surface area contributed by atoms with Gasteiger partial charge in [0.1, 0.15) is 18.0 Å². The molecule has 3 aromatic rings. The van der Waals surface area contributed by atoms with Gasteiger partial charge in [-0.3, -0.25) is 13.9 Å². The average molecular weight is 571 g/mol. The number of amides is 2. The number of hydrogen-bond acceptors (Lipinski definition) is 9. The molecule has 12 nitrogen and oxygen atoms in total. The molecule has 3 aromatic carbocycles. The quantitative estimate of drug-likeness (QED) is 0.236. The van der Waals surface area contributed by atoms with Crippen molar-refractivity contribution in [3.63, 3.8) is 0 Å². The van der Waals surface area contributed by atoms with Gasteiger partial charge in [-0.05, 0) is 66.2 Å². The zero-order valence-electron chi connectivity index (χ0n) is 22.4. The number of sulfonamides is 1. The van der Waals surface area contributed by atoms with Gasteiger partial charge < -0.3 is 24.3 Å². The van der Waals surface area contributed by atoms with Crippen LogP contribution in [0.5, 0.6) is 23.0 Å². The van der Waals surface area contributed by atoms with Crippen LogP contribution in [0, 0.1) is 0 Å². The summed E-state index contributed by atoms with van der Waals surface area (Å²) in [5, 5.41) is 6.61. The summed E-state index contributed by atoms with van der Waals surface area (Å²) in [5.74, 6) is 0.904. The summed E-state index contributed by atoms with van der Waals surface area (Å²) in [7, 11) is 0.651. The van der Waals surface area contributed by atoms with E-state index >= 15 is 0 Å². The Hall–Kier alpha value is -4.78. The van der Waals surface area contributed by atoms with Crippen LogP contribution in [0.25, 0.3) is 0 Å². The maximum absolute atomic E-state index is 12.5. The normalized spacial score (nSPS) is 11.0. The number of hydrazone groups is 1. The number of ether oxygens (including phenoxy) is 4. The van der Waals surface area contributed by atoms with Crippen molar-refractivity contribution in [2.24, 2.45) is 5.10 Å². The van der Waals surface area contributed by atoms with Crippen molar-refractivity contribution in [1.82, 2.24) is 5.43 Å². The molecular formula is C27H30N4O8S. The van der Waals surface area contributed by atoms with Crippen LogP contribution in [0.15, 0.2) is 71.8 Å². The Balaban J connectivity index is 1.52. The van der Waals surface area contributed by atoms with Gasteiger partial charge in [-0.2, -0.15) is 5.10 Å². The Labute approximate surface area is 232 Å². The van der Waals surface area contributed by atoms with Crippen LogP contribution < -0.4 is 34.0 Å². The fraction of sp³-hybridized carbons (Fsp3) is 0.222. The molecule has 40 heavy (non-hydrogen) atoms. The van der Waals surface area contributed by atoms with E-state index in [-0.39, 0.29) is 18.2 Å². The van der Waals surface area contributed by atoms with E-state index in [2.05, 4.69) is 15.8 Å². The Kier molecular flexibility index (Phi) is 10.3. The van der Waals surface area contributed by atoms with Gasteiger partial charge in [-0.15, -0.1) is 0 Å². The van der Waals surface area contributed by atoms with Crippen molar-refractivity contribution in [1.29, 1.82) is 0 Å². The van der Waals surface area contributed by atoms with Crippen LogP contribution >= 0.6 is 0 Å². The second-order valence-electron chi connectivity index (χ2n) is 8.24. The lowest BCUT2D eigenvalue weighted by atomic mass is 10.2. The van der Waals surface area contributed by atoms with E-state index in [9.17, 15) is 18.0 Å². The maximum atomic E-state index is 12.5. The molecule has 0 saturated heterocycles. The number of anilines is 2. The maximum Gasteiger partial charge on any atom is 0.262 e. The number of rotatable bonds is 13. The van der Waals surface area contributed by atoms with Crippen LogP contribution in [0.2, 0.25) is 0 Å². The average Bonchev–Trinajstić information content (AvgIpc) is 2.95. The molecule has 0 spiro atoms. The molecule has 0 fully saturated rings. The molecule has 0 saturated carbocycles. The predicted molar refractivity (Wildman–Crippen MR) is 151 cm³/mol. The van der Waals surface area contributed by atoms with Crippen molar-refractivity contribution < 1.29 is 37.0 Å². The van der Waals surface area contributed by atoms with Crippen molar-refractivity contribution >= 4 is 39.4 Å². The Bertz CT molecular complexity index is 1440. The molecule has 212 valence electrons. The molecule has 0 aliphatic heterocycles. The molecule has 2 amide bonds. The molecule has 0 aliphatic carbocycles. The summed E-state index contributed by atoms with van der Waals surface area (Å²) in [4.78, 5) is 24.6. The number of hydrogen-bond donors (Lipinski definition) is 2. The molecule has 0 radical (unpaired) electrons. The van der Waals surface area contributed by atoms with E-state index < -0.39 is 22.5 Å². The second kappa shape index (κ2) is 13.8. The van der Waals surface area contributed by atoms with E-state index in [1.54, 1.807) is 61.7 Å². The van der Waals surface area contributed by atoms with Gasteiger partial charge in [0.25, 0.3) is 11.8 Å². The lowest BCUT2D eigenvalue weighted by Gasteiger charge is -2.22. The third kappa shape index (κ3) is 8.63. The zero-order chi connectivity index (χ0) is 29.1. The lowest BCUT2D eigenvalue weighted by Crippen LogP contribution is -2.39. The summed E-state index contributed by atoms with van der Waals surface area (Å²) < 4.78 is 46.6. The van der Waals surface area contributed by atoms with E-state index in [0.717, 1.165) is 10.6 Å². The number of nitrogens with zero attached hydrogens (tertiary/aromatic N) is 2. The van der Waals surface area contributed by atoms with Crippen LogP contribution in [0.4, 0.5) is 11.4 Å². The molecule has 0 aliphatic rings. The fourth-order valence-corrected chi connectivity index (χ4v) is 4.24. The van der Waals surface area contributed by atoms with Gasteiger partial charge in [-0.1, -0.05) is 0 Å². The molecule has 0 heterocycles. The molecule has 2 N–H and O–H groups in total. The predicted octanol–water partition coefficient (Wildman–Crippen LogP) is 2.65. The van der Waals surface area contributed by atoms with Gasteiger partial charge in [0, 0.05) is 11.8 Å². The van der Waals surface area contributed by atoms with E-state index in [1.807, 2.05) is 0 Å². The van der Waals surface area contributed by atoms with E-state index in [0.29, 0.717) is 34.2 Å². The summed E-state index contributed by atoms with van der Waals surface area (Å²) in [6.07, 6.45) is 2.38. The summed E-state index contributed by atoms with van der Waals surface area (Å²) in [6, 6.07) is 18.1. The molecule has 0 atom stereocenters. The minimum Gasteiger partial charge on any atom is -0.497 e. The summed E-state index contributed by atoms with van der Waals surface area (Å²) in [6.45, 7) is -0.691. The van der Waals surface area contributed by atoms with Crippen molar-refractivity contribution in [3.8, 4) is 23.0 Å². The molecular weight excluding hydrogens is 540 g/mol. The first-order valence-electron chi connectivity index (χ1n) is 11.8. The first kappa shape index (κ1) is 29.8. The van der Waals surface area contributed by atoms with Crippen LogP contribution in [-0.2, 0) is 19.6 Å². The lowest BCUT2D eigenvalue weighted by molar-refractivity contribution is -0.119. The smallest absolute Gasteiger partial charge is 0.262 e. The third-order valence-electron chi connectivity index (χ3n) is 5.37. The van der Waals surface area contributed by atoms with Crippen molar-refractivity contribution in [2.45, 2.75) is 0 Å². The van der Waals surface area contributed by atoms with Crippen LogP contribution in [0.3, 0.4) is 0 Å². The Morgan fingerprint density at radius 1 is 0.850 bits per heavy atom. The molecule has 13 heteroatoms. The molecule has 0 unspecified atom stereocenters. The zero-order valence-corrected chi connectivity index (χ0v) is 23.2. The van der Waals surface area contributed by atoms with Crippen molar-refractivity contribution in [2.75, 3.05) is 50.4 Å². The van der Waals surface area contributed by atoms with Gasteiger partial charge in [0.05, 0.1) is 39.5 Å². The molecule has 0 aromatic heterocycles. The largest absolute Gasteiger partial charge is 0.497 e. The van der Waals surface area contributed by atoms with Gasteiger partial charge in [0.2, 0.25) is 10.0 Å². The number of carbonyl (C=O) groups is 2. The van der Waals surface area contributed by atoms with E-state index in [4.69, 9.17) is 18.9 Å². The number of carbonyl (C=O) groups excluding carboxylic acids is 2. The minimum absolute atomic E-state index is 0.188. The van der Waals surface area contributed by atoms with E-state index in [1.165, 1.54) is 32.6 Å². The minimum atomic E-state index is -3.80. The van der Waals surface area contributed by atoms with Gasteiger partial charge >= 0.3 is 0 Å². The van der Waals surface area contributed by atoms with Crippen molar-refractivity contribution in [3.05, 3.63) is 72.3 Å². The third-order valence-corrected chi connectivity index (χ3v) is 6.51. The Morgan fingerprint density at radius 2 is 1.50 bits per heavy atom. The highest BCUT2D eigenvalue weighted by Crippen LogP contribution is 2.32. The number of nitrogens with one attached hydrogen (secondary N) is 2. The standard InChI is InChI=1S/C27H30N4O8S/c1-36-22-12-7-20(8-13-22)29-27(33)18-39-23-10-5-19(6-11-23)16-28-30-26(32)17-31(40(4,34)35)21-9-14-24(37-2)25(15-21)38-3/h5-16H,17-18H2,1-4H3,(H,29,33)(H,30,32)/b28-16-. The highest BCUT2D eigenvalue weighted by molar-refractivity contribution is 7.92. The Morgan fingerprint density at radius 3 is 2.10 bits per heavy atom. The number of methoxy groups -OCH3 is 3. The topological polar surface area (TPSA) is 145 Å². The summed E-state index contributed by atoms with van der Waals surface area (Å²) >= 11 is 0. The number of benzene rings is 3. The molecule has 3 rings (SSSR count). The SMILES string of the molecule is COc1ccc(NC(=O)COc2ccc(/C=N\NC(=O)CN(c3ccc(OC)c(OC)c3)S(C)(=O)=O)cc2)cc1. The second-order valence-corrected chi connectivity index (χ2v) is 10.1. The highest BCUT2D eigenvalue weighted by Gasteiger charge is 2.22. The monoisotopic (exact) mass is 570 g/mol. The van der Waals surface area contributed by atoms with Crippen LogP contribution in [-0.4, -0.2) is 67.2 Å². The summed E-state index contributed by atoms with van der Waals surface area (Å²) in [5.41, 5.74) is 3.80.